The lowest BCUT2D eigenvalue weighted by Gasteiger charge is -2.71. The van der Waals surface area contributed by atoms with Crippen molar-refractivity contribution in [1.82, 2.24) is 0 Å². The maximum atomic E-state index is 12.8. The minimum absolute atomic E-state index is 0.000773. The van der Waals surface area contributed by atoms with Gasteiger partial charge in [-0.15, -0.1) is 0 Å². The van der Waals surface area contributed by atoms with Crippen molar-refractivity contribution < 1.29 is 14.6 Å². The molecule has 3 heteroatoms. The van der Waals surface area contributed by atoms with E-state index in [2.05, 4.69) is 54.5 Å². The van der Waals surface area contributed by atoms with Crippen LogP contribution in [-0.4, -0.2) is 23.3 Å². The molecule has 5 aliphatic carbocycles. The van der Waals surface area contributed by atoms with Crippen LogP contribution in [0.25, 0.3) is 0 Å². The van der Waals surface area contributed by atoms with Crippen LogP contribution in [0.2, 0.25) is 0 Å². The van der Waals surface area contributed by atoms with E-state index >= 15 is 0 Å². The predicted molar refractivity (Wildman–Crippen MR) is 130 cm³/mol. The Morgan fingerprint density at radius 1 is 0.879 bits per heavy atom. The van der Waals surface area contributed by atoms with Gasteiger partial charge in [0.1, 0.15) is 6.10 Å². The third-order valence-corrected chi connectivity index (χ3v) is 13.6. The molecule has 33 heavy (non-hydrogen) atoms. The topological polar surface area (TPSA) is 46.5 Å². The first-order valence-electron chi connectivity index (χ1n) is 13.8. The lowest BCUT2D eigenvalue weighted by atomic mass is 9.33. The van der Waals surface area contributed by atoms with Gasteiger partial charge in [-0.25, -0.2) is 0 Å². The van der Waals surface area contributed by atoms with Gasteiger partial charge in [-0.3, -0.25) is 4.79 Å². The zero-order valence-electron chi connectivity index (χ0n) is 22.1. The van der Waals surface area contributed by atoms with Crippen molar-refractivity contribution in [3.63, 3.8) is 0 Å². The fourth-order valence-corrected chi connectivity index (χ4v) is 11.1. The smallest absolute Gasteiger partial charge is 0.312 e. The molecular weight excluding hydrogens is 408 g/mol. The first kappa shape index (κ1) is 22.6. The van der Waals surface area contributed by atoms with Crippen LogP contribution in [0.5, 0.6) is 0 Å². The van der Waals surface area contributed by atoms with Crippen LogP contribution >= 0.6 is 0 Å². The number of ether oxygens (including phenoxy) is 1. The molecule has 0 unspecified atom stereocenters. The van der Waals surface area contributed by atoms with E-state index in [1.807, 2.05) is 0 Å². The number of carbonyl (C=O) groups is 1. The van der Waals surface area contributed by atoms with Gasteiger partial charge in [-0.05, 0) is 97.7 Å². The first-order valence-corrected chi connectivity index (χ1v) is 13.8. The predicted octanol–water partition coefficient (Wildman–Crippen LogP) is 6.68. The second-order valence-electron chi connectivity index (χ2n) is 15.1. The van der Waals surface area contributed by atoms with Crippen LogP contribution < -0.4 is 0 Å². The van der Waals surface area contributed by atoms with Crippen molar-refractivity contribution in [2.75, 3.05) is 0 Å². The SMILES string of the molecule is CC1(C)[C@H](O)CC[C@]2(C)[C@H]3CC=C4[C@H]5C[C@@]6(C)C[C@H](OC6=O)[C@]5(C)CC[C@@]4(C)[C@]3(C)CC[C@@H]12. The number of aliphatic hydroxyl groups excluding tert-OH is 1. The summed E-state index contributed by atoms with van der Waals surface area (Å²) < 4.78 is 6.03. The van der Waals surface area contributed by atoms with Crippen LogP contribution in [0.15, 0.2) is 11.6 Å². The number of aliphatic hydroxyl groups is 1. The molecule has 0 aromatic carbocycles. The molecule has 0 aromatic rings. The molecule has 1 saturated heterocycles. The summed E-state index contributed by atoms with van der Waals surface area (Å²) in [6.45, 7) is 17.1. The Kier molecular flexibility index (Phi) is 4.31. The second-order valence-corrected chi connectivity index (χ2v) is 15.1. The van der Waals surface area contributed by atoms with Gasteiger partial charge in [0, 0.05) is 11.8 Å². The Labute approximate surface area is 201 Å². The van der Waals surface area contributed by atoms with Crippen molar-refractivity contribution in [2.45, 2.75) is 118 Å². The monoisotopic (exact) mass is 454 g/mol. The molecule has 3 nitrogen and oxygen atoms in total. The van der Waals surface area contributed by atoms with E-state index in [0.29, 0.717) is 17.8 Å². The van der Waals surface area contributed by atoms with Crippen LogP contribution in [-0.2, 0) is 9.53 Å². The van der Waals surface area contributed by atoms with Gasteiger partial charge < -0.3 is 9.84 Å². The Hall–Kier alpha value is -0.830. The molecule has 2 bridgehead atoms. The summed E-state index contributed by atoms with van der Waals surface area (Å²) in [5, 5.41) is 10.9. The average molecular weight is 455 g/mol. The second kappa shape index (κ2) is 6.29. The average Bonchev–Trinajstić information content (AvgIpc) is 3.00. The number of hydrogen-bond acceptors (Lipinski definition) is 3. The fourth-order valence-electron chi connectivity index (χ4n) is 11.1. The van der Waals surface area contributed by atoms with E-state index in [4.69, 9.17) is 4.74 Å². The van der Waals surface area contributed by atoms with Gasteiger partial charge in [0.25, 0.3) is 0 Å². The molecule has 6 aliphatic rings. The van der Waals surface area contributed by atoms with Crippen molar-refractivity contribution >= 4 is 5.97 Å². The molecule has 1 heterocycles. The van der Waals surface area contributed by atoms with Gasteiger partial charge in [0.05, 0.1) is 11.5 Å². The normalized spacial score (nSPS) is 58.8. The van der Waals surface area contributed by atoms with Crippen molar-refractivity contribution in [3.8, 4) is 0 Å². The zero-order valence-corrected chi connectivity index (χ0v) is 22.1. The Balaban J connectivity index is 1.43. The molecule has 0 radical (unpaired) electrons. The molecule has 10 atom stereocenters. The minimum atomic E-state index is -0.293. The highest BCUT2D eigenvalue weighted by molar-refractivity contribution is 5.79. The molecule has 6 rings (SSSR count). The summed E-state index contributed by atoms with van der Waals surface area (Å²) in [5.74, 6) is 1.79. The number of hydrogen-bond donors (Lipinski definition) is 1. The summed E-state index contributed by atoms with van der Waals surface area (Å²) in [6, 6.07) is 0. The summed E-state index contributed by atoms with van der Waals surface area (Å²) >= 11 is 0. The van der Waals surface area contributed by atoms with Crippen molar-refractivity contribution in [2.24, 2.45) is 50.2 Å². The van der Waals surface area contributed by atoms with Gasteiger partial charge in [-0.2, -0.15) is 0 Å². The fraction of sp³-hybridized carbons (Fsp3) is 0.900. The molecule has 1 N–H and O–H groups in total. The van der Waals surface area contributed by atoms with Gasteiger partial charge in [-0.1, -0.05) is 53.2 Å². The van der Waals surface area contributed by atoms with E-state index in [1.54, 1.807) is 5.57 Å². The molecule has 4 saturated carbocycles. The molecule has 5 fully saturated rings. The summed E-state index contributed by atoms with van der Waals surface area (Å²) in [4.78, 5) is 12.8. The summed E-state index contributed by atoms with van der Waals surface area (Å²) in [6.07, 6.45) is 12.6. The Bertz CT molecular complexity index is 935. The van der Waals surface area contributed by atoms with Crippen molar-refractivity contribution in [1.29, 1.82) is 0 Å². The molecule has 1 aliphatic heterocycles. The first-order chi connectivity index (χ1) is 15.2. The van der Waals surface area contributed by atoms with E-state index in [-0.39, 0.29) is 50.7 Å². The highest BCUT2D eigenvalue weighted by Gasteiger charge is 2.70. The molecular formula is C30H46O3. The number of fused-ring (bicyclic) bond motifs is 10. The van der Waals surface area contributed by atoms with Gasteiger partial charge in [0.2, 0.25) is 0 Å². The van der Waals surface area contributed by atoms with Crippen molar-refractivity contribution in [3.05, 3.63) is 11.6 Å². The number of rotatable bonds is 0. The molecule has 0 aromatic heterocycles. The number of allylic oxidation sites excluding steroid dienone is 2. The Morgan fingerprint density at radius 2 is 1.61 bits per heavy atom. The summed E-state index contributed by atoms with van der Waals surface area (Å²) in [5.41, 5.74) is 2.25. The molecule has 184 valence electrons. The third-order valence-electron chi connectivity index (χ3n) is 13.6. The number of carbonyl (C=O) groups excluding carboxylic acids is 1. The minimum Gasteiger partial charge on any atom is -0.461 e. The summed E-state index contributed by atoms with van der Waals surface area (Å²) in [7, 11) is 0. The maximum Gasteiger partial charge on any atom is 0.312 e. The van der Waals surface area contributed by atoms with Crippen LogP contribution in [0.1, 0.15) is 106 Å². The molecule has 0 amide bonds. The Morgan fingerprint density at radius 3 is 2.33 bits per heavy atom. The lowest BCUT2D eigenvalue weighted by Crippen LogP contribution is -2.65. The highest BCUT2D eigenvalue weighted by Crippen LogP contribution is 2.76. The lowest BCUT2D eigenvalue weighted by molar-refractivity contribution is -0.204. The standard InChI is InChI=1S/C30H46O3/c1-25(2)20-10-13-30(7)21(28(20,5)12-11-22(25)31)9-8-18-19-16-26(3)17-23(33-24(26)32)27(19,4)14-15-29(18,30)6/h8,19-23,31H,9-17H2,1-7H3/t19-,20+,21-,22-,23+,26+,27-,28+,29-,30-/m1/s1. The van der Waals surface area contributed by atoms with Gasteiger partial charge in [0.15, 0.2) is 0 Å². The zero-order chi connectivity index (χ0) is 23.8. The van der Waals surface area contributed by atoms with E-state index < -0.39 is 0 Å². The quantitative estimate of drug-likeness (QED) is 0.328. The largest absolute Gasteiger partial charge is 0.461 e. The van der Waals surface area contributed by atoms with Gasteiger partial charge >= 0.3 is 5.97 Å². The molecule has 0 spiro atoms. The van der Waals surface area contributed by atoms with E-state index in [1.165, 1.54) is 32.1 Å². The van der Waals surface area contributed by atoms with Crippen LogP contribution in [0.3, 0.4) is 0 Å². The van der Waals surface area contributed by atoms with E-state index in [9.17, 15) is 9.90 Å². The van der Waals surface area contributed by atoms with E-state index in [0.717, 1.165) is 25.7 Å². The third kappa shape index (κ3) is 2.44. The maximum absolute atomic E-state index is 12.8. The number of esters is 1. The van der Waals surface area contributed by atoms with Crippen LogP contribution in [0, 0.1) is 50.2 Å². The van der Waals surface area contributed by atoms with Crippen LogP contribution in [0.4, 0.5) is 0 Å². The highest BCUT2D eigenvalue weighted by atomic mass is 16.6.